The van der Waals surface area contributed by atoms with Crippen molar-refractivity contribution < 1.29 is 9.90 Å². The third kappa shape index (κ3) is 4.88. The molecule has 3 heteroatoms. The monoisotopic (exact) mass is 185 g/mol. The quantitative estimate of drug-likeness (QED) is 0.593. The molecule has 2 N–H and O–H groups in total. The Hall–Kier alpha value is -0.570. The summed E-state index contributed by atoms with van der Waals surface area (Å²) in [6.45, 7) is 1.91. The fraction of sp³-hybridized carbons (Fsp3) is 0.900. The minimum atomic E-state index is -0.694. The van der Waals surface area contributed by atoms with Gasteiger partial charge >= 0.3 is 5.97 Å². The van der Waals surface area contributed by atoms with Gasteiger partial charge in [0.05, 0.1) is 0 Å². The minimum absolute atomic E-state index is 0.288. The zero-order valence-electron chi connectivity index (χ0n) is 8.09. The molecule has 1 fully saturated rings. The van der Waals surface area contributed by atoms with E-state index in [1.807, 2.05) is 0 Å². The van der Waals surface area contributed by atoms with Gasteiger partial charge in [0.1, 0.15) is 0 Å². The molecule has 1 aliphatic rings. The lowest BCUT2D eigenvalue weighted by molar-refractivity contribution is -0.137. The summed E-state index contributed by atoms with van der Waals surface area (Å²) in [6, 6.07) is 0. The number of carboxylic acid groups (broad SMARTS) is 1. The van der Waals surface area contributed by atoms with E-state index in [1.165, 1.54) is 25.7 Å². The molecule has 0 bridgehead atoms. The highest BCUT2D eigenvalue weighted by molar-refractivity contribution is 5.66. The highest BCUT2D eigenvalue weighted by atomic mass is 16.4. The van der Waals surface area contributed by atoms with Crippen molar-refractivity contribution in [2.24, 2.45) is 5.92 Å². The lowest BCUT2D eigenvalue weighted by Crippen LogP contribution is -2.22. The molecule has 0 radical (unpaired) electrons. The van der Waals surface area contributed by atoms with Crippen molar-refractivity contribution in [2.75, 3.05) is 13.1 Å². The fourth-order valence-electron chi connectivity index (χ4n) is 1.58. The zero-order chi connectivity index (χ0) is 9.52. The SMILES string of the molecule is O=C(O)CCCNCCC1CCC1. The van der Waals surface area contributed by atoms with Gasteiger partial charge in [-0.1, -0.05) is 19.3 Å². The predicted octanol–water partition coefficient (Wildman–Crippen LogP) is 1.63. The molecule has 0 heterocycles. The van der Waals surface area contributed by atoms with E-state index in [-0.39, 0.29) is 6.42 Å². The second-order valence-corrected chi connectivity index (χ2v) is 3.83. The maximum absolute atomic E-state index is 10.2. The number of rotatable bonds is 7. The predicted molar refractivity (Wildman–Crippen MR) is 51.7 cm³/mol. The molecule has 0 atom stereocenters. The zero-order valence-corrected chi connectivity index (χ0v) is 8.09. The molecular formula is C10H19NO2. The minimum Gasteiger partial charge on any atom is -0.481 e. The summed E-state index contributed by atoms with van der Waals surface area (Å²) in [5.74, 6) is 0.257. The molecule has 13 heavy (non-hydrogen) atoms. The Morgan fingerprint density at radius 3 is 2.69 bits per heavy atom. The molecule has 0 aliphatic heterocycles. The first-order chi connectivity index (χ1) is 6.29. The Labute approximate surface area is 79.5 Å². The van der Waals surface area contributed by atoms with Crippen LogP contribution in [0.5, 0.6) is 0 Å². The van der Waals surface area contributed by atoms with Crippen LogP contribution in [-0.4, -0.2) is 24.2 Å². The first-order valence-electron chi connectivity index (χ1n) is 5.21. The number of carboxylic acids is 1. The lowest BCUT2D eigenvalue weighted by Gasteiger charge is -2.25. The van der Waals surface area contributed by atoms with Crippen LogP contribution in [0.3, 0.4) is 0 Å². The van der Waals surface area contributed by atoms with Crippen LogP contribution in [-0.2, 0) is 4.79 Å². The molecule has 0 unspecified atom stereocenters. The molecule has 0 aromatic rings. The van der Waals surface area contributed by atoms with E-state index in [0.717, 1.165) is 25.4 Å². The van der Waals surface area contributed by atoms with Crippen molar-refractivity contribution >= 4 is 5.97 Å². The van der Waals surface area contributed by atoms with Crippen molar-refractivity contribution in [3.8, 4) is 0 Å². The normalized spacial score (nSPS) is 16.9. The average Bonchev–Trinajstić information content (AvgIpc) is 1.99. The molecule has 1 saturated carbocycles. The van der Waals surface area contributed by atoms with Crippen LogP contribution in [0, 0.1) is 5.92 Å². The van der Waals surface area contributed by atoms with Crippen molar-refractivity contribution in [3.05, 3.63) is 0 Å². The van der Waals surface area contributed by atoms with E-state index >= 15 is 0 Å². The van der Waals surface area contributed by atoms with Gasteiger partial charge in [0.25, 0.3) is 0 Å². The Morgan fingerprint density at radius 2 is 2.15 bits per heavy atom. The first-order valence-corrected chi connectivity index (χ1v) is 5.21. The van der Waals surface area contributed by atoms with Crippen LogP contribution in [0.1, 0.15) is 38.5 Å². The first kappa shape index (κ1) is 10.5. The highest BCUT2D eigenvalue weighted by Gasteiger charge is 2.15. The van der Waals surface area contributed by atoms with E-state index in [2.05, 4.69) is 5.32 Å². The Balaban J connectivity index is 1.75. The van der Waals surface area contributed by atoms with Crippen LogP contribution in [0.2, 0.25) is 0 Å². The van der Waals surface area contributed by atoms with Crippen molar-refractivity contribution in [1.29, 1.82) is 0 Å². The van der Waals surface area contributed by atoms with Crippen LogP contribution >= 0.6 is 0 Å². The second-order valence-electron chi connectivity index (χ2n) is 3.83. The molecular weight excluding hydrogens is 166 g/mol. The number of hydrogen-bond acceptors (Lipinski definition) is 2. The van der Waals surface area contributed by atoms with E-state index in [0.29, 0.717) is 0 Å². The number of hydrogen-bond donors (Lipinski definition) is 2. The van der Waals surface area contributed by atoms with Gasteiger partial charge in [0.2, 0.25) is 0 Å². The standard InChI is InChI=1S/C10H19NO2/c12-10(13)5-2-7-11-8-6-9-3-1-4-9/h9,11H,1-8H2,(H,12,13). The summed E-state index contributed by atoms with van der Waals surface area (Å²) < 4.78 is 0. The van der Waals surface area contributed by atoms with Gasteiger partial charge in [-0.05, 0) is 31.8 Å². The van der Waals surface area contributed by atoms with Crippen LogP contribution < -0.4 is 5.32 Å². The second kappa shape index (κ2) is 5.97. The maximum atomic E-state index is 10.2. The molecule has 0 aromatic carbocycles. The van der Waals surface area contributed by atoms with Gasteiger partial charge in [-0.25, -0.2) is 0 Å². The van der Waals surface area contributed by atoms with E-state index in [4.69, 9.17) is 5.11 Å². The van der Waals surface area contributed by atoms with E-state index in [1.54, 1.807) is 0 Å². The van der Waals surface area contributed by atoms with E-state index < -0.39 is 5.97 Å². The summed E-state index contributed by atoms with van der Waals surface area (Å²) in [5, 5.41) is 11.7. The van der Waals surface area contributed by atoms with Gasteiger partial charge in [0.15, 0.2) is 0 Å². The Morgan fingerprint density at radius 1 is 1.38 bits per heavy atom. The van der Waals surface area contributed by atoms with Crippen molar-refractivity contribution in [2.45, 2.75) is 38.5 Å². The van der Waals surface area contributed by atoms with Crippen LogP contribution in [0.4, 0.5) is 0 Å². The molecule has 0 saturated heterocycles. The number of nitrogens with one attached hydrogen (secondary N) is 1. The lowest BCUT2D eigenvalue weighted by atomic mass is 9.83. The number of aliphatic carboxylic acids is 1. The Bertz CT molecular complexity index is 155. The summed E-state index contributed by atoms with van der Waals surface area (Å²) in [5.41, 5.74) is 0. The molecule has 0 spiro atoms. The van der Waals surface area contributed by atoms with Crippen molar-refractivity contribution in [3.63, 3.8) is 0 Å². The van der Waals surface area contributed by atoms with Gasteiger partial charge in [-0.2, -0.15) is 0 Å². The van der Waals surface area contributed by atoms with Crippen LogP contribution in [0.25, 0.3) is 0 Å². The highest BCUT2D eigenvalue weighted by Crippen LogP contribution is 2.28. The van der Waals surface area contributed by atoms with Gasteiger partial charge < -0.3 is 10.4 Å². The van der Waals surface area contributed by atoms with E-state index in [9.17, 15) is 4.79 Å². The van der Waals surface area contributed by atoms with Crippen molar-refractivity contribution in [1.82, 2.24) is 5.32 Å². The molecule has 0 aromatic heterocycles. The molecule has 76 valence electrons. The maximum Gasteiger partial charge on any atom is 0.303 e. The fourth-order valence-corrected chi connectivity index (χ4v) is 1.58. The largest absolute Gasteiger partial charge is 0.481 e. The molecule has 1 rings (SSSR count). The summed E-state index contributed by atoms with van der Waals surface area (Å²) in [6.07, 6.45) is 6.51. The van der Waals surface area contributed by atoms with Crippen LogP contribution in [0.15, 0.2) is 0 Å². The summed E-state index contributed by atoms with van der Waals surface area (Å²) in [4.78, 5) is 10.2. The molecule has 0 amide bonds. The third-order valence-corrected chi connectivity index (χ3v) is 2.70. The van der Waals surface area contributed by atoms with Gasteiger partial charge in [0, 0.05) is 6.42 Å². The topological polar surface area (TPSA) is 49.3 Å². The van der Waals surface area contributed by atoms with Gasteiger partial charge in [-0.15, -0.1) is 0 Å². The number of carbonyl (C=O) groups is 1. The average molecular weight is 185 g/mol. The molecule has 3 nitrogen and oxygen atoms in total. The summed E-state index contributed by atoms with van der Waals surface area (Å²) >= 11 is 0. The summed E-state index contributed by atoms with van der Waals surface area (Å²) in [7, 11) is 0. The third-order valence-electron chi connectivity index (χ3n) is 2.70. The smallest absolute Gasteiger partial charge is 0.303 e. The Kier molecular flexibility index (Phi) is 4.83. The molecule has 1 aliphatic carbocycles. The van der Waals surface area contributed by atoms with Gasteiger partial charge in [-0.3, -0.25) is 4.79 Å².